The minimum atomic E-state index is -0.363. The number of benzene rings is 1. The maximum Gasteiger partial charge on any atom is 0.138 e. The van der Waals surface area contributed by atoms with Gasteiger partial charge in [-0.3, -0.25) is 15.1 Å². The van der Waals surface area contributed by atoms with Crippen molar-refractivity contribution in [1.82, 2.24) is 35.5 Å². The van der Waals surface area contributed by atoms with E-state index in [9.17, 15) is 4.39 Å². The largest absolute Gasteiger partial charge is 0.497 e. The first-order chi connectivity index (χ1) is 18.1. The molecule has 1 aromatic carbocycles. The number of halogens is 1. The molecule has 0 aliphatic carbocycles. The lowest BCUT2D eigenvalue weighted by molar-refractivity contribution is 0.411. The molecule has 3 N–H and O–H groups in total. The van der Waals surface area contributed by atoms with E-state index in [0.29, 0.717) is 17.0 Å². The van der Waals surface area contributed by atoms with Gasteiger partial charge in [-0.05, 0) is 59.6 Å². The summed E-state index contributed by atoms with van der Waals surface area (Å²) in [6.45, 7) is 3.71. The maximum atomic E-state index is 14.2. The van der Waals surface area contributed by atoms with Gasteiger partial charge < -0.3 is 15.0 Å². The molecule has 0 spiro atoms. The number of fused-ring (bicyclic) bond motifs is 2. The van der Waals surface area contributed by atoms with Gasteiger partial charge in [0.2, 0.25) is 0 Å². The van der Waals surface area contributed by atoms with Crippen LogP contribution in [-0.2, 0) is 6.54 Å². The fourth-order valence-electron chi connectivity index (χ4n) is 4.52. The van der Waals surface area contributed by atoms with Crippen LogP contribution in [0.3, 0.4) is 0 Å². The molecule has 0 aliphatic rings. The number of H-pyrrole nitrogens is 2. The Kier molecular flexibility index (Phi) is 5.82. The zero-order chi connectivity index (χ0) is 25.4. The van der Waals surface area contributed by atoms with E-state index in [1.165, 1.54) is 19.2 Å². The van der Waals surface area contributed by atoms with Gasteiger partial charge in [0.15, 0.2) is 0 Å². The molecule has 0 amide bonds. The summed E-state index contributed by atoms with van der Waals surface area (Å²) < 4.78 is 19.5. The molecule has 0 atom stereocenters. The fourth-order valence-corrected chi connectivity index (χ4v) is 4.52. The molecule has 0 radical (unpaired) electrons. The zero-order valence-electron chi connectivity index (χ0n) is 20.3. The normalized spacial score (nSPS) is 11.4. The number of hydrogen-bond acceptors (Lipinski definition) is 6. The summed E-state index contributed by atoms with van der Waals surface area (Å²) in [5.41, 5.74) is 7.43. The Morgan fingerprint density at radius 3 is 2.76 bits per heavy atom. The number of methoxy groups -OCH3 is 1. The van der Waals surface area contributed by atoms with Gasteiger partial charge in [0.05, 0.1) is 30.2 Å². The molecule has 37 heavy (non-hydrogen) atoms. The fraction of sp³-hybridized carbons (Fsp3) is 0.143. The summed E-state index contributed by atoms with van der Waals surface area (Å²) in [4.78, 5) is 16.9. The van der Waals surface area contributed by atoms with Gasteiger partial charge >= 0.3 is 0 Å². The molecule has 184 valence electrons. The predicted molar refractivity (Wildman–Crippen MR) is 142 cm³/mol. The van der Waals surface area contributed by atoms with Gasteiger partial charge in [0.25, 0.3) is 0 Å². The van der Waals surface area contributed by atoms with Crippen LogP contribution in [0.1, 0.15) is 12.5 Å². The average molecular weight is 494 g/mol. The number of aromatic amines is 2. The van der Waals surface area contributed by atoms with Crippen molar-refractivity contribution in [2.75, 3.05) is 13.7 Å². The third kappa shape index (κ3) is 4.30. The van der Waals surface area contributed by atoms with Gasteiger partial charge in [-0.25, -0.2) is 9.37 Å². The standard InChI is InChI=1S/C28H24FN7O/c1-3-30-12-16-6-18(14-31-13-16)24-11-23-26(15-33-24)35-36-27(23)25-10-22-21(4-5-32-28(22)34-25)17-7-19(29)9-20(8-17)37-2/h4-11,13-15,30H,3,12H2,1-2H3,(H,32,34)(H,35,36). The number of nitrogens with one attached hydrogen (secondary N) is 3. The Labute approximate surface area is 212 Å². The molecule has 0 aliphatic heterocycles. The Balaban J connectivity index is 1.43. The quantitative estimate of drug-likeness (QED) is 0.272. The van der Waals surface area contributed by atoms with Crippen LogP contribution >= 0.6 is 0 Å². The van der Waals surface area contributed by atoms with E-state index in [1.54, 1.807) is 12.4 Å². The van der Waals surface area contributed by atoms with E-state index in [0.717, 1.165) is 63.2 Å². The first kappa shape index (κ1) is 22.8. The lowest BCUT2D eigenvalue weighted by Crippen LogP contribution is -2.11. The molecular weight excluding hydrogens is 469 g/mol. The van der Waals surface area contributed by atoms with Gasteiger partial charge in [0, 0.05) is 47.5 Å². The second-order valence-electron chi connectivity index (χ2n) is 8.73. The number of aromatic nitrogens is 6. The number of ether oxygens (including phenoxy) is 1. The smallest absolute Gasteiger partial charge is 0.138 e. The van der Waals surface area contributed by atoms with Crippen molar-refractivity contribution in [3.8, 4) is 39.5 Å². The van der Waals surface area contributed by atoms with E-state index in [4.69, 9.17) is 4.74 Å². The molecule has 0 fully saturated rings. The van der Waals surface area contributed by atoms with Crippen molar-refractivity contribution in [1.29, 1.82) is 0 Å². The van der Waals surface area contributed by atoms with Crippen LogP contribution in [0.2, 0.25) is 0 Å². The Morgan fingerprint density at radius 2 is 1.89 bits per heavy atom. The monoisotopic (exact) mass is 493 g/mol. The summed E-state index contributed by atoms with van der Waals surface area (Å²) in [5.74, 6) is 0.0931. The van der Waals surface area contributed by atoms with Gasteiger partial charge in [-0.1, -0.05) is 6.92 Å². The molecule has 6 rings (SSSR count). The molecule has 5 aromatic heterocycles. The number of rotatable bonds is 7. The Hall–Kier alpha value is -4.63. The number of pyridine rings is 3. The highest BCUT2D eigenvalue weighted by Gasteiger charge is 2.16. The van der Waals surface area contributed by atoms with Crippen molar-refractivity contribution in [3.63, 3.8) is 0 Å². The van der Waals surface area contributed by atoms with Gasteiger partial charge in [-0.15, -0.1) is 0 Å². The van der Waals surface area contributed by atoms with Gasteiger partial charge in [-0.2, -0.15) is 5.10 Å². The number of hydrogen-bond donors (Lipinski definition) is 3. The number of nitrogens with zero attached hydrogens (tertiary/aromatic N) is 4. The molecule has 0 saturated carbocycles. The molecule has 0 unspecified atom stereocenters. The predicted octanol–water partition coefficient (Wildman–Crippen LogP) is 5.49. The van der Waals surface area contributed by atoms with E-state index in [1.807, 2.05) is 36.7 Å². The summed E-state index contributed by atoms with van der Waals surface area (Å²) in [7, 11) is 1.52. The first-order valence-electron chi connectivity index (χ1n) is 11.9. The summed E-state index contributed by atoms with van der Waals surface area (Å²) in [5, 5.41) is 12.7. The lowest BCUT2D eigenvalue weighted by atomic mass is 10.0. The second-order valence-corrected chi connectivity index (χ2v) is 8.73. The van der Waals surface area contributed by atoms with Crippen molar-refractivity contribution < 1.29 is 9.13 Å². The minimum absolute atomic E-state index is 0.363. The highest BCUT2D eigenvalue weighted by Crippen LogP contribution is 2.35. The highest BCUT2D eigenvalue weighted by atomic mass is 19.1. The first-order valence-corrected chi connectivity index (χ1v) is 11.9. The molecule has 9 heteroatoms. The van der Waals surface area contributed by atoms with Crippen molar-refractivity contribution in [2.24, 2.45) is 0 Å². The highest BCUT2D eigenvalue weighted by molar-refractivity contribution is 6.00. The van der Waals surface area contributed by atoms with Crippen LogP contribution in [0, 0.1) is 5.82 Å². The van der Waals surface area contributed by atoms with Crippen LogP contribution < -0.4 is 10.1 Å². The molecule has 6 aromatic rings. The van der Waals surface area contributed by atoms with E-state index in [-0.39, 0.29) is 5.82 Å². The molecule has 0 saturated heterocycles. The summed E-state index contributed by atoms with van der Waals surface area (Å²) in [6, 6.07) is 12.6. The van der Waals surface area contributed by atoms with E-state index >= 15 is 0 Å². The van der Waals surface area contributed by atoms with Crippen LogP contribution in [0.25, 0.3) is 55.7 Å². The van der Waals surface area contributed by atoms with Crippen molar-refractivity contribution in [2.45, 2.75) is 13.5 Å². The Bertz CT molecular complexity index is 1740. The molecule has 5 heterocycles. The topological polar surface area (TPSA) is 104 Å². The van der Waals surface area contributed by atoms with Crippen LogP contribution in [-0.4, -0.2) is 43.8 Å². The van der Waals surface area contributed by atoms with Crippen LogP contribution in [0.15, 0.2) is 67.3 Å². The lowest BCUT2D eigenvalue weighted by Gasteiger charge is -2.06. The van der Waals surface area contributed by atoms with Crippen LogP contribution in [0.4, 0.5) is 4.39 Å². The second kappa shape index (κ2) is 9.44. The van der Waals surface area contributed by atoms with E-state index in [2.05, 4.69) is 48.4 Å². The van der Waals surface area contributed by atoms with Crippen molar-refractivity contribution in [3.05, 3.63) is 78.6 Å². The zero-order valence-corrected chi connectivity index (χ0v) is 20.3. The summed E-state index contributed by atoms with van der Waals surface area (Å²) in [6.07, 6.45) is 7.16. The summed E-state index contributed by atoms with van der Waals surface area (Å²) >= 11 is 0. The van der Waals surface area contributed by atoms with Gasteiger partial charge in [0.1, 0.15) is 22.9 Å². The third-order valence-corrected chi connectivity index (χ3v) is 6.32. The Morgan fingerprint density at radius 1 is 0.973 bits per heavy atom. The maximum absolute atomic E-state index is 14.2. The SMILES string of the molecule is CCNCc1cncc(-c2cc3c(-c4cc5c(-c6cc(F)cc(OC)c6)ccnc5[nH]4)n[nH]c3cn2)c1. The van der Waals surface area contributed by atoms with E-state index < -0.39 is 0 Å². The minimum Gasteiger partial charge on any atom is -0.497 e. The average Bonchev–Trinajstić information content (AvgIpc) is 3.55. The molecule has 8 nitrogen and oxygen atoms in total. The van der Waals surface area contributed by atoms with Crippen LogP contribution in [0.5, 0.6) is 5.75 Å². The molecular formula is C28H24FN7O. The molecule has 0 bridgehead atoms. The third-order valence-electron chi connectivity index (χ3n) is 6.32. The van der Waals surface area contributed by atoms with Crippen molar-refractivity contribution >= 4 is 21.9 Å².